The minimum atomic E-state index is -0.573. The predicted octanol–water partition coefficient (Wildman–Crippen LogP) is 3.38. The standard InChI is InChI=1S/C15H22N2O3/c1-3-5-12(4-2)8-9-16-11-13-6-7-15(18)14(10-13)17(19)20/h3,6-7,10,12,16,18H,1,4-5,8-9,11H2,2H3. The summed E-state index contributed by atoms with van der Waals surface area (Å²) in [5.41, 5.74) is 0.550. The van der Waals surface area contributed by atoms with Crippen molar-refractivity contribution in [2.24, 2.45) is 5.92 Å². The van der Waals surface area contributed by atoms with Crippen LogP contribution in [0, 0.1) is 16.0 Å². The zero-order valence-electron chi connectivity index (χ0n) is 11.8. The van der Waals surface area contributed by atoms with Crippen LogP contribution in [-0.2, 0) is 6.54 Å². The van der Waals surface area contributed by atoms with E-state index in [0.29, 0.717) is 12.5 Å². The number of nitrogens with zero attached hydrogens (tertiary/aromatic N) is 1. The van der Waals surface area contributed by atoms with Crippen LogP contribution in [0.3, 0.4) is 0 Å². The fourth-order valence-electron chi connectivity index (χ4n) is 2.09. The third-order valence-electron chi connectivity index (χ3n) is 3.37. The summed E-state index contributed by atoms with van der Waals surface area (Å²) in [5.74, 6) is 0.338. The van der Waals surface area contributed by atoms with Gasteiger partial charge in [0, 0.05) is 12.6 Å². The van der Waals surface area contributed by atoms with Crippen molar-refractivity contribution in [3.63, 3.8) is 0 Å². The number of allylic oxidation sites excluding steroid dienone is 1. The molecule has 0 fully saturated rings. The molecule has 1 unspecified atom stereocenters. The Bertz CT molecular complexity index is 460. The zero-order valence-corrected chi connectivity index (χ0v) is 11.8. The molecule has 0 radical (unpaired) electrons. The van der Waals surface area contributed by atoms with E-state index in [9.17, 15) is 15.2 Å². The average molecular weight is 278 g/mol. The van der Waals surface area contributed by atoms with Crippen molar-refractivity contribution >= 4 is 5.69 Å². The summed E-state index contributed by atoms with van der Waals surface area (Å²) in [5, 5.41) is 23.4. The van der Waals surface area contributed by atoms with Crippen LogP contribution in [0.5, 0.6) is 5.75 Å². The molecule has 0 aromatic heterocycles. The summed E-state index contributed by atoms with van der Waals surface area (Å²) in [7, 11) is 0. The summed E-state index contributed by atoms with van der Waals surface area (Å²) in [6.45, 7) is 7.34. The summed E-state index contributed by atoms with van der Waals surface area (Å²) in [4.78, 5) is 10.1. The van der Waals surface area contributed by atoms with E-state index < -0.39 is 4.92 Å². The highest BCUT2D eigenvalue weighted by atomic mass is 16.6. The zero-order chi connectivity index (χ0) is 15.0. The molecular weight excluding hydrogens is 256 g/mol. The summed E-state index contributed by atoms with van der Waals surface area (Å²) < 4.78 is 0. The lowest BCUT2D eigenvalue weighted by atomic mass is 9.98. The van der Waals surface area contributed by atoms with Crippen LogP contribution >= 0.6 is 0 Å². The number of aromatic hydroxyl groups is 1. The molecule has 110 valence electrons. The normalized spacial score (nSPS) is 12.1. The van der Waals surface area contributed by atoms with Gasteiger partial charge in [0.05, 0.1) is 4.92 Å². The Kier molecular flexibility index (Phi) is 6.73. The lowest BCUT2D eigenvalue weighted by Crippen LogP contribution is -2.17. The minimum Gasteiger partial charge on any atom is -0.502 e. The van der Waals surface area contributed by atoms with Gasteiger partial charge in [0.15, 0.2) is 5.75 Å². The quantitative estimate of drug-likeness (QED) is 0.314. The van der Waals surface area contributed by atoms with Crippen molar-refractivity contribution in [2.45, 2.75) is 32.7 Å². The van der Waals surface area contributed by atoms with E-state index >= 15 is 0 Å². The number of hydrogen-bond donors (Lipinski definition) is 2. The molecule has 0 amide bonds. The van der Waals surface area contributed by atoms with Gasteiger partial charge >= 0.3 is 5.69 Å². The highest BCUT2D eigenvalue weighted by molar-refractivity contribution is 5.47. The summed E-state index contributed by atoms with van der Waals surface area (Å²) in [6.07, 6.45) is 5.14. The molecular formula is C15H22N2O3. The van der Waals surface area contributed by atoms with E-state index in [0.717, 1.165) is 31.4 Å². The minimum absolute atomic E-state index is 0.248. The maximum Gasteiger partial charge on any atom is 0.311 e. The van der Waals surface area contributed by atoms with Crippen molar-refractivity contribution in [3.05, 3.63) is 46.5 Å². The van der Waals surface area contributed by atoms with Gasteiger partial charge in [-0.1, -0.05) is 25.5 Å². The number of phenolic OH excluding ortho intramolecular Hbond substituents is 1. The molecule has 1 rings (SSSR count). The van der Waals surface area contributed by atoms with Crippen LogP contribution < -0.4 is 5.32 Å². The van der Waals surface area contributed by atoms with Gasteiger partial charge in [-0.05, 0) is 36.9 Å². The Labute approximate surface area is 119 Å². The number of nitro benzene ring substituents is 1. The lowest BCUT2D eigenvalue weighted by molar-refractivity contribution is -0.385. The Morgan fingerprint density at radius 2 is 2.30 bits per heavy atom. The molecule has 0 spiro atoms. The molecule has 0 aliphatic rings. The van der Waals surface area contributed by atoms with Crippen molar-refractivity contribution in [1.29, 1.82) is 0 Å². The third kappa shape index (κ3) is 5.01. The Balaban J connectivity index is 2.44. The van der Waals surface area contributed by atoms with Crippen LogP contribution in [0.1, 0.15) is 31.7 Å². The second kappa shape index (κ2) is 8.32. The Morgan fingerprint density at radius 1 is 1.55 bits per heavy atom. The molecule has 1 aromatic rings. The van der Waals surface area contributed by atoms with Gasteiger partial charge in [-0.2, -0.15) is 0 Å². The van der Waals surface area contributed by atoms with Gasteiger partial charge in [-0.15, -0.1) is 6.58 Å². The second-order valence-electron chi connectivity index (χ2n) is 4.84. The van der Waals surface area contributed by atoms with E-state index in [1.807, 2.05) is 6.08 Å². The first kappa shape index (κ1) is 16.2. The monoisotopic (exact) mass is 278 g/mol. The van der Waals surface area contributed by atoms with Crippen LogP contribution in [0.2, 0.25) is 0 Å². The molecule has 0 heterocycles. The third-order valence-corrected chi connectivity index (χ3v) is 3.37. The second-order valence-corrected chi connectivity index (χ2v) is 4.84. The van der Waals surface area contributed by atoms with Gasteiger partial charge < -0.3 is 10.4 Å². The van der Waals surface area contributed by atoms with Crippen LogP contribution in [0.15, 0.2) is 30.9 Å². The van der Waals surface area contributed by atoms with E-state index in [4.69, 9.17) is 0 Å². The molecule has 0 aliphatic carbocycles. The molecule has 0 saturated carbocycles. The van der Waals surface area contributed by atoms with Crippen molar-refractivity contribution in [2.75, 3.05) is 6.54 Å². The van der Waals surface area contributed by atoms with Crippen molar-refractivity contribution in [1.82, 2.24) is 5.32 Å². The Hall–Kier alpha value is -1.88. The molecule has 1 aromatic carbocycles. The fraction of sp³-hybridized carbons (Fsp3) is 0.467. The van der Waals surface area contributed by atoms with Gasteiger partial charge in [0.25, 0.3) is 0 Å². The van der Waals surface area contributed by atoms with Crippen molar-refractivity contribution < 1.29 is 10.0 Å². The molecule has 5 heteroatoms. The van der Waals surface area contributed by atoms with Crippen LogP contribution in [0.25, 0.3) is 0 Å². The molecule has 0 aliphatic heterocycles. The first-order chi connectivity index (χ1) is 9.58. The number of benzene rings is 1. The average Bonchev–Trinajstić information content (AvgIpc) is 2.43. The SMILES string of the molecule is C=CCC(CC)CCNCc1ccc(O)c([N+](=O)[O-])c1. The smallest absolute Gasteiger partial charge is 0.311 e. The molecule has 0 saturated heterocycles. The number of hydrogen-bond acceptors (Lipinski definition) is 4. The van der Waals surface area contributed by atoms with E-state index in [1.165, 1.54) is 12.1 Å². The highest BCUT2D eigenvalue weighted by Crippen LogP contribution is 2.26. The number of nitro groups is 1. The van der Waals surface area contributed by atoms with E-state index in [2.05, 4.69) is 18.8 Å². The largest absolute Gasteiger partial charge is 0.502 e. The van der Waals surface area contributed by atoms with Crippen LogP contribution in [-0.4, -0.2) is 16.6 Å². The maximum atomic E-state index is 10.7. The fourth-order valence-corrected chi connectivity index (χ4v) is 2.09. The molecule has 0 bridgehead atoms. The van der Waals surface area contributed by atoms with Gasteiger partial charge in [0.2, 0.25) is 0 Å². The summed E-state index contributed by atoms with van der Waals surface area (Å²) in [6, 6.07) is 4.46. The van der Waals surface area contributed by atoms with Gasteiger partial charge in [-0.25, -0.2) is 0 Å². The molecule has 5 nitrogen and oxygen atoms in total. The van der Waals surface area contributed by atoms with Gasteiger partial charge in [-0.3, -0.25) is 10.1 Å². The first-order valence-electron chi connectivity index (χ1n) is 6.86. The van der Waals surface area contributed by atoms with E-state index in [-0.39, 0.29) is 11.4 Å². The first-order valence-corrected chi connectivity index (χ1v) is 6.86. The summed E-state index contributed by atoms with van der Waals surface area (Å²) >= 11 is 0. The number of rotatable bonds is 9. The topological polar surface area (TPSA) is 75.4 Å². The lowest BCUT2D eigenvalue weighted by Gasteiger charge is -2.12. The number of phenols is 1. The van der Waals surface area contributed by atoms with Gasteiger partial charge in [0.1, 0.15) is 0 Å². The Morgan fingerprint density at radius 3 is 2.90 bits per heavy atom. The van der Waals surface area contributed by atoms with E-state index in [1.54, 1.807) is 6.07 Å². The molecule has 20 heavy (non-hydrogen) atoms. The number of nitrogens with one attached hydrogen (secondary N) is 1. The molecule has 1 atom stereocenters. The van der Waals surface area contributed by atoms with Crippen molar-refractivity contribution in [3.8, 4) is 5.75 Å². The van der Waals surface area contributed by atoms with Crippen LogP contribution in [0.4, 0.5) is 5.69 Å². The predicted molar refractivity (Wildman–Crippen MR) is 79.7 cm³/mol. The maximum absolute atomic E-state index is 10.7. The molecule has 2 N–H and O–H groups in total. The highest BCUT2D eigenvalue weighted by Gasteiger charge is 2.13.